The maximum absolute atomic E-state index is 11.8. The van der Waals surface area contributed by atoms with Gasteiger partial charge in [0.2, 0.25) is 0 Å². The summed E-state index contributed by atoms with van der Waals surface area (Å²) in [6, 6.07) is 0. The van der Waals surface area contributed by atoms with Gasteiger partial charge >= 0.3 is 11.8 Å². The minimum atomic E-state index is -2.65. The van der Waals surface area contributed by atoms with E-state index in [9.17, 15) is 18.4 Å². The summed E-state index contributed by atoms with van der Waals surface area (Å²) >= 11 is 0. The first-order valence-corrected chi connectivity index (χ1v) is 4.00. The summed E-state index contributed by atoms with van der Waals surface area (Å²) in [7, 11) is 1.14. The summed E-state index contributed by atoms with van der Waals surface area (Å²) in [5, 5.41) is 2.19. The molecule has 0 aliphatic carbocycles. The average Bonchev–Trinajstić information content (AvgIpc) is 2.11. The molecule has 0 radical (unpaired) electrons. The highest BCUT2D eigenvalue weighted by Crippen LogP contribution is 1.95. The lowest BCUT2D eigenvalue weighted by atomic mass is 10.4. The molecule has 0 aromatic heterocycles. The Kier molecular flexibility index (Phi) is 5.70. The number of likely N-dealkylation sites (N-methyl/N-ethyl adjacent to an activating group) is 1. The van der Waals surface area contributed by atoms with Crippen LogP contribution in [0.15, 0.2) is 0 Å². The van der Waals surface area contributed by atoms with Gasteiger partial charge in [0.05, 0.1) is 6.54 Å². The van der Waals surface area contributed by atoms with Crippen molar-refractivity contribution >= 4 is 11.8 Å². The van der Waals surface area contributed by atoms with Gasteiger partial charge in [-0.15, -0.1) is 0 Å². The quantitative estimate of drug-likeness (QED) is 0.570. The maximum atomic E-state index is 11.8. The van der Waals surface area contributed by atoms with Gasteiger partial charge < -0.3 is 16.0 Å². The van der Waals surface area contributed by atoms with Crippen molar-refractivity contribution < 1.29 is 18.4 Å². The van der Waals surface area contributed by atoms with Gasteiger partial charge in [-0.1, -0.05) is 0 Å². The van der Waals surface area contributed by atoms with Crippen LogP contribution in [0, 0.1) is 0 Å². The highest BCUT2D eigenvalue weighted by Gasteiger charge is 2.20. The van der Waals surface area contributed by atoms with Gasteiger partial charge in [-0.3, -0.25) is 9.59 Å². The molecule has 0 spiro atoms. The molecule has 5 nitrogen and oxygen atoms in total. The van der Waals surface area contributed by atoms with Gasteiger partial charge in [-0.25, -0.2) is 8.78 Å². The van der Waals surface area contributed by atoms with Crippen molar-refractivity contribution in [1.29, 1.82) is 0 Å². The number of rotatable bonds is 4. The van der Waals surface area contributed by atoms with Crippen molar-refractivity contribution in [1.82, 2.24) is 10.2 Å². The molecule has 0 bridgehead atoms. The van der Waals surface area contributed by atoms with Crippen molar-refractivity contribution in [2.24, 2.45) is 5.73 Å². The van der Waals surface area contributed by atoms with E-state index in [-0.39, 0.29) is 13.1 Å². The number of nitrogens with two attached hydrogens (primary N) is 1. The molecule has 0 atom stereocenters. The summed E-state index contributed by atoms with van der Waals surface area (Å²) in [6.45, 7) is -0.417. The number of halogens is 2. The number of alkyl halides is 2. The van der Waals surface area contributed by atoms with Crippen molar-refractivity contribution in [3.05, 3.63) is 0 Å². The zero-order valence-corrected chi connectivity index (χ0v) is 7.80. The monoisotopic (exact) mass is 209 g/mol. The van der Waals surface area contributed by atoms with E-state index in [2.05, 4.69) is 5.32 Å². The van der Waals surface area contributed by atoms with Crippen LogP contribution >= 0.6 is 0 Å². The lowest BCUT2D eigenvalue weighted by Gasteiger charge is -2.15. The topological polar surface area (TPSA) is 75.4 Å². The van der Waals surface area contributed by atoms with Crippen LogP contribution in [0.1, 0.15) is 0 Å². The number of hydrogen-bond donors (Lipinski definition) is 2. The molecule has 0 aromatic carbocycles. The maximum Gasteiger partial charge on any atom is 0.311 e. The molecule has 0 unspecified atom stereocenters. The van der Waals surface area contributed by atoms with Crippen LogP contribution in [0.2, 0.25) is 0 Å². The second-order valence-corrected chi connectivity index (χ2v) is 2.62. The predicted octanol–water partition coefficient (Wildman–Crippen LogP) is -1.22. The van der Waals surface area contributed by atoms with Crippen molar-refractivity contribution in [2.75, 3.05) is 26.7 Å². The summed E-state index contributed by atoms with van der Waals surface area (Å²) in [5.74, 6) is -1.91. The normalized spacial score (nSPS) is 10.1. The van der Waals surface area contributed by atoms with E-state index in [1.807, 2.05) is 0 Å². The van der Waals surface area contributed by atoms with E-state index < -0.39 is 24.8 Å². The zero-order chi connectivity index (χ0) is 11.1. The standard InChI is InChI=1S/C7H13F2N3O2/c1-12(4-5(8)9)7(14)6(13)11-3-2-10/h5H,2-4,10H2,1H3,(H,11,13). The fourth-order valence-corrected chi connectivity index (χ4v) is 0.725. The van der Waals surface area contributed by atoms with Gasteiger partial charge in [0.15, 0.2) is 0 Å². The second-order valence-electron chi connectivity index (χ2n) is 2.62. The SMILES string of the molecule is CN(CC(F)F)C(=O)C(=O)NCCN. The molecule has 0 rings (SSSR count). The Bertz CT molecular complexity index is 211. The number of amides is 2. The van der Waals surface area contributed by atoms with Crippen LogP contribution in [0.25, 0.3) is 0 Å². The summed E-state index contributed by atoms with van der Waals surface area (Å²) in [4.78, 5) is 22.6. The van der Waals surface area contributed by atoms with Gasteiger partial charge in [0.1, 0.15) is 0 Å². The third-order valence-electron chi connectivity index (χ3n) is 1.38. The number of hydrogen-bond acceptors (Lipinski definition) is 3. The Morgan fingerprint density at radius 1 is 1.50 bits per heavy atom. The smallest absolute Gasteiger partial charge is 0.311 e. The molecular formula is C7H13F2N3O2. The lowest BCUT2D eigenvalue weighted by molar-refractivity contribution is -0.145. The van der Waals surface area contributed by atoms with Gasteiger partial charge in [0.25, 0.3) is 6.43 Å². The number of nitrogens with zero attached hydrogens (tertiary/aromatic N) is 1. The van der Waals surface area contributed by atoms with Gasteiger partial charge in [0, 0.05) is 20.1 Å². The van der Waals surface area contributed by atoms with Gasteiger partial charge in [-0.2, -0.15) is 0 Å². The Balaban J connectivity index is 3.98. The molecule has 0 aliphatic rings. The van der Waals surface area contributed by atoms with Crippen LogP contribution in [-0.2, 0) is 9.59 Å². The molecule has 14 heavy (non-hydrogen) atoms. The van der Waals surface area contributed by atoms with Crippen LogP contribution < -0.4 is 11.1 Å². The predicted molar refractivity (Wildman–Crippen MR) is 45.7 cm³/mol. The summed E-state index contributed by atoms with van der Waals surface area (Å²) < 4.78 is 23.6. The number of carbonyl (C=O) groups excluding carboxylic acids is 2. The molecule has 82 valence electrons. The number of carbonyl (C=O) groups is 2. The minimum absolute atomic E-state index is 0.146. The molecular weight excluding hydrogens is 196 g/mol. The second kappa shape index (κ2) is 6.25. The third kappa shape index (κ3) is 4.70. The molecule has 0 saturated carbocycles. The molecule has 0 aromatic rings. The molecule has 0 aliphatic heterocycles. The highest BCUT2D eigenvalue weighted by molar-refractivity contribution is 6.34. The van der Waals surface area contributed by atoms with E-state index in [4.69, 9.17) is 5.73 Å². The molecule has 7 heteroatoms. The fourth-order valence-electron chi connectivity index (χ4n) is 0.725. The van der Waals surface area contributed by atoms with Crippen LogP contribution in [0.3, 0.4) is 0 Å². The first-order valence-electron chi connectivity index (χ1n) is 4.00. The Morgan fingerprint density at radius 3 is 2.50 bits per heavy atom. The van der Waals surface area contributed by atoms with E-state index in [1.165, 1.54) is 0 Å². The van der Waals surface area contributed by atoms with E-state index in [0.29, 0.717) is 4.90 Å². The molecule has 2 amide bonds. The van der Waals surface area contributed by atoms with E-state index in [0.717, 1.165) is 7.05 Å². The molecule has 0 heterocycles. The van der Waals surface area contributed by atoms with Crippen LogP contribution in [-0.4, -0.2) is 49.8 Å². The lowest BCUT2D eigenvalue weighted by Crippen LogP contribution is -2.44. The molecule has 0 saturated heterocycles. The highest BCUT2D eigenvalue weighted by atomic mass is 19.3. The first-order chi connectivity index (χ1) is 6.49. The van der Waals surface area contributed by atoms with Crippen LogP contribution in [0.5, 0.6) is 0 Å². The fraction of sp³-hybridized carbons (Fsp3) is 0.714. The zero-order valence-electron chi connectivity index (χ0n) is 7.80. The van der Waals surface area contributed by atoms with Crippen molar-refractivity contribution in [3.63, 3.8) is 0 Å². The van der Waals surface area contributed by atoms with E-state index >= 15 is 0 Å². The largest absolute Gasteiger partial charge is 0.347 e. The van der Waals surface area contributed by atoms with Crippen molar-refractivity contribution in [2.45, 2.75) is 6.43 Å². The summed E-state index contributed by atoms with van der Waals surface area (Å²) in [6.07, 6.45) is -2.65. The Hall–Kier alpha value is -1.24. The summed E-state index contributed by atoms with van der Waals surface area (Å²) in [5.41, 5.74) is 5.07. The molecule has 3 N–H and O–H groups in total. The van der Waals surface area contributed by atoms with E-state index in [1.54, 1.807) is 0 Å². The number of nitrogens with one attached hydrogen (secondary N) is 1. The Labute approximate surface area is 80.2 Å². The Morgan fingerprint density at radius 2 is 2.07 bits per heavy atom. The average molecular weight is 209 g/mol. The third-order valence-corrected chi connectivity index (χ3v) is 1.38. The van der Waals surface area contributed by atoms with Crippen LogP contribution in [0.4, 0.5) is 8.78 Å². The molecule has 0 fully saturated rings. The first kappa shape index (κ1) is 12.8. The van der Waals surface area contributed by atoms with Gasteiger partial charge in [-0.05, 0) is 0 Å². The minimum Gasteiger partial charge on any atom is -0.347 e. The van der Waals surface area contributed by atoms with Crippen molar-refractivity contribution in [3.8, 4) is 0 Å².